The molecule has 0 fully saturated rings. The summed E-state index contributed by atoms with van der Waals surface area (Å²) in [6.07, 6.45) is 0.391. The zero-order chi connectivity index (χ0) is 17.2. The molecular weight excluding hydrogens is 290 g/mol. The van der Waals surface area contributed by atoms with Gasteiger partial charge in [0.05, 0.1) is 0 Å². The zero-order valence-corrected chi connectivity index (χ0v) is 13.1. The van der Waals surface area contributed by atoms with E-state index in [0.29, 0.717) is 12.1 Å². The fraction of sp³-hybridized carbons (Fsp3) is 0.294. The molecule has 0 aliphatic carbocycles. The zero-order valence-electron chi connectivity index (χ0n) is 13.1. The van der Waals surface area contributed by atoms with E-state index in [-0.39, 0.29) is 22.6 Å². The highest BCUT2D eigenvalue weighted by molar-refractivity contribution is 5.97. The molecule has 0 spiro atoms. The molecule has 6 heteroatoms. The second-order valence-electron chi connectivity index (χ2n) is 5.96. The van der Waals surface area contributed by atoms with Crippen LogP contribution in [0.4, 0.5) is 11.4 Å². The number of amides is 1. The van der Waals surface area contributed by atoms with Crippen LogP contribution in [0.25, 0.3) is 0 Å². The largest absolute Gasteiger partial charge is 0.345 e. The Morgan fingerprint density at radius 1 is 1.22 bits per heavy atom. The van der Waals surface area contributed by atoms with Crippen molar-refractivity contribution >= 4 is 17.3 Å². The average Bonchev–Trinajstić information content (AvgIpc) is 2.52. The van der Waals surface area contributed by atoms with E-state index in [2.05, 4.69) is 5.32 Å². The number of benzene rings is 1. The number of hydrogen-bond donors (Lipinski definition) is 1. The summed E-state index contributed by atoms with van der Waals surface area (Å²) in [4.78, 5) is 13.6. The molecule has 0 atom stereocenters. The van der Waals surface area contributed by atoms with Crippen molar-refractivity contribution in [3.05, 3.63) is 35.0 Å². The molecule has 0 aromatic heterocycles. The summed E-state index contributed by atoms with van der Waals surface area (Å²) >= 11 is 0. The van der Waals surface area contributed by atoms with Gasteiger partial charge in [-0.3, -0.25) is 4.79 Å². The molecular formula is C17H15N5O. The molecule has 1 N–H and O–H groups in total. The van der Waals surface area contributed by atoms with Crippen molar-refractivity contribution in [3.63, 3.8) is 0 Å². The molecule has 1 aromatic carbocycles. The Balaban J connectivity index is 2.49. The first-order chi connectivity index (χ1) is 10.8. The quantitative estimate of drug-likeness (QED) is 0.846. The van der Waals surface area contributed by atoms with E-state index < -0.39 is 0 Å². The van der Waals surface area contributed by atoms with Crippen LogP contribution >= 0.6 is 0 Å². The van der Waals surface area contributed by atoms with E-state index in [4.69, 9.17) is 15.8 Å². The van der Waals surface area contributed by atoms with Crippen LogP contribution in [0, 0.1) is 34.0 Å². The normalized spacial score (nSPS) is 14.8. The third kappa shape index (κ3) is 2.86. The van der Waals surface area contributed by atoms with Crippen LogP contribution in [0.15, 0.2) is 29.5 Å². The number of nitrogens with one attached hydrogen (secondary N) is 1. The highest BCUT2D eigenvalue weighted by Crippen LogP contribution is 2.41. The number of hydrogen-bond acceptors (Lipinski definition) is 5. The summed E-state index contributed by atoms with van der Waals surface area (Å²) in [5, 5.41) is 29.7. The average molecular weight is 305 g/mol. The van der Waals surface area contributed by atoms with E-state index in [9.17, 15) is 4.79 Å². The number of allylic oxidation sites excluding steroid dienone is 2. The van der Waals surface area contributed by atoms with Crippen molar-refractivity contribution in [2.24, 2.45) is 0 Å². The Hall–Kier alpha value is -3.30. The lowest BCUT2D eigenvalue weighted by atomic mass is 9.77. The lowest BCUT2D eigenvalue weighted by Gasteiger charge is -2.37. The first-order valence-electron chi connectivity index (χ1n) is 6.96. The van der Waals surface area contributed by atoms with Gasteiger partial charge in [-0.1, -0.05) is 13.8 Å². The van der Waals surface area contributed by atoms with Crippen molar-refractivity contribution in [2.45, 2.75) is 25.7 Å². The second kappa shape index (κ2) is 5.83. The Morgan fingerprint density at radius 2 is 1.87 bits per heavy atom. The molecule has 2 rings (SSSR count). The van der Waals surface area contributed by atoms with Gasteiger partial charge in [0.2, 0.25) is 5.91 Å². The molecule has 1 aliphatic heterocycles. The maximum Gasteiger partial charge on any atom is 0.227 e. The second-order valence-corrected chi connectivity index (χ2v) is 5.96. The summed E-state index contributed by atoms with van der Waals surface area (Å²) in [6, 6.07) is 10.6. The minimum Gasteiger partial charge on any atom is -0.345 e. The lowest BCUT2D eigenvalue weighted by Crippen LogP contribution is -2.39. The van der Waals surface area contributed by atoms with Crippen molar-refractivity contribution in [3.8, 4) is 18.2 Å². The van der Waals surface area contributed by atoms with Crippen LogP contribution in [0.2, 0.25) is 0 Å². The number of anilines is 2. The Labute approximate surface area is 134 Å². The third-order valence-electron chi connectivity index (χ3n) is 3.91. The Kier molecular flexibility index (Phi) is 4.08. The van der Waals surface area contributed by atoms with E-state index in [0.717, 1.165) is 11.3 Å². The van der Waals surface area contributed by atoms with E-state index in [1.807, 2.05) is 26.0 Å². The highest BCUT2D eigenvalue weighted by Gasteiger charge is 2.35. The SMILES string of the molecule is CN1C(=O)CC(C)(C)c2cc(NC(C#N)=C(C#N)C#N)ccc21. The smallest absolute Gasteiger partial charge is 0.227 e. The first kappa shape index (κ1) is 16.1. The first-order valence-corrected chi connectivity index (χ1v) is 6.96. The molecule has 0 bridgehead atoms. The van der Waals surface area contributed by atoms with Crippen LogP contribution < -0.4 is 10.2 Å². The van der Waals surface area contributed by atoms with E-state index in [1.165, 1.54) is 0 Å². The fourth-order valence-electron chi connectivity index (χ4n) is 2.60. The minimum atomic E-state index is -0.333. The van der Waals surface area contributed by atoms with Gasteiger partial charge in [-0.25, -0.2) is 0 Å². The number of nitriles is 3. The van der Waals surface area contributed by atoms with Crippen molar-refractivity contribution in [2.75, 3.05) is 17.3 Å². The van der Waals surface area contributed by atoms with Gasteiger partial charge in [0, 0.05) is 30.3 Å². The Morgan fingerprint density at radius 3 is 2.43 bits per heavy atom. The van der Waals surface area contributed by atoms with Gasteiger partial charge in [-0.05, 0) is 23.8 Å². The highest BCUT2D eigenvalue weighted by atomic mass is 16.2. The van der Waals surface area contributed by atoms with Gasteiger partial charge >= 0.3 is 0 Å². The molecule has 1 aliphatic rings. The molecule has 114 valence electrons. The van der Waals surface area contributed by atoms with Gasteiger partial charge in [0.1, 0.15) is 23.9 Å². The fourth-order valence-corrected chi connectivity index (χ4v) is 2.60. The molecule has 1 aromatic rings. The van der Waals surface area contributed by atoms with Crippen molar-refractivity contribution < 1.29 is 4.79 Å². The molecule has 0 saturated carbocycles. The minimum absolute atomic E-state index is 0.0528. The summed E-state index contributed by atoms with van der Waals surface area (Å²) < 4.78 is 0. The standard InChI is InChI=1S/C17H15N5O/c1-17(2)7-16(23)22(3)15-5-4-12(6-13(15)17)21-14(10-20)11(8-18)9-19/h4-6,21H,7H2,1-3H3. The van der Waals surface area contributed by atoms with Gasteiger partial charge in [0.15, 0.2) is 5.57 Å². The summed E-state index contributed by atoms with van der Waals surface area (Å²) in [5.41, 5.74) is 1.70. The third-order valence-corrected chi connectivity index (χ3v) is 3.91. The van der Waals surface area contributed by atoms with Crippen LogP contribution in [0.5, 0.6) is 0 Å². The summed E-state index contributed by atoms with van der Waals surface area (Å²) in [5.74, 6) is 0.0528. The Bertz CT molecular complexity index is 814. The molecule has 1 amide bonds. The van der Waals surface area contributed by atoms with Crippen LogP contribution in [-0.2, 0) is 10.2 Å². The molecule has 1 heterocycles. The van der Waals surface area contributed by atoms with E-state index in [1.54, 1.807) is 36.2 Å². The number of rotatable bonds is 2. The topological polar surface area (TPSA) is 104 Å². The van der Waals surface area contributed by atoms with Crippen LogP contribution in [0.1, 0.15) is 25.8 Å². The number of nitrogens with zero attached hydrogens (tertiary/aromatic N) is 4. The van der Waals surface area contributed by atoms with Gasteiger partial charge in [0.25, 0.3) is 0 Å². The lowest BCUT2D eigenvalue weighted by molar-refractivity contribution is -0.119. The van der Waals surface area contributed by atoms with Crippen LogP contribution in [-0.4, -0.2) is 13.0 Å². The maximum atomic E-state index is 12.0. The van der Waals surface area contributed by atoms with Crippen molar-refractivity contribution in [1.29, 1.82) is 15.8 Å². The molecule has 0 radical (unpaired) electrons. The molecule has 6 nitrogen and oxygen atoms in total. The molecule has 0 saturated heterocycles. The monoisotopic (exact) mass is 305 g/mol. The number of carbonyl (C=O) groups excluding carboxylic acids is 1. The predicted octanol–water partition coefficient (Wildman–Crippen LogP) is 2.57. The van der Waals surface area contributed by atoms with Crippen molar-refractivity contribution in [1.82, 2.24) is 0 Å². The number of carbonyl (C=O) groups is 1. The predicted molar refractivity (Wildman–Crippen MR) is 85.0 cm³/mol. The van der Waals surface area contributed by atoms with Crippen LogP contribution in [0.3, 0.4) is 0 Å². The molecule has 0 unspecified atom stereocenters. The molecule has 23 heavy (non-hydrogen) atoms. The summed E-state index contributed by atoms with van der Waals surface area (Å²) in [6.45, 7) is 3.97. The van der Waals surface area contributed by atoms with Gasteiger partial charge in [-0.2, -0.15) is 15.8 Å². The number of fused-ring (bicyclic) bond motifs is 1. The van der Waals surface area contributed by atoms with Gasteiger partial charge < -0.3 is 10.2 Å². The van der Waals surface area contributed by atoms with Gasteiger partial charge in [-0.15, -0.1) is 0 Å². The summed E-state index contributed by atoms with van der Waals surface area (Å²) in [7, 11) is 1.73. The van der Waals surface area contributed by atoms with E-state index >= 15 is 0 Å². The maximum absolute atomic E-state index is 12.0.